The van der Waals surface area contributed by atoms with Crippen molar-refractivity contribution in [2.75, 3.05) is 17.2 Å². The van der Waals surface area contributed by atoms with Gasteiger partial charge in [0.05, 0.1) is 6.54 Å². The van der Waals surface area contributed by atoms with E-state index in [0.29, 0.717) is 11.6 Å². The van der Waals surface area contributed by atoms with Crippen LogP contribution in [0.3, 0.4) is 0 Å². The maximum Gasteiger partial charge on any atom is 0.251 e. The Morgan fingerprint density at radius 2 is 1.73 bits per heavy atom. The molecule has 0 spiro atoms. The van der Waals surface area contributed by atoms with Crippen LogP contribution in [-0.4, -0.2) is 24.4 Å². The van der Waals surface area contributed by atoms with Crippen LogP contribution in [0.4, 0.5) is 11.4 Å². The Morgan fingerprint density at radius 3 is 2.42 bits per heavy atom. The normalized spacial score (nSPS) is 13.2. The predicted molar refractivity (Wildman–Crippen MR) is 105 cm³/mol. The van der Waals surface area contributed by atoms with Gasteiger partial charge in [-0.1, -0.05) is 23.8 Å². The molecule has 0 atom stereocenters. The highest BCUT2D eigenvalue weighted by Crippen LogP contribution is 2.21. The third-order valence-electron chi connectivity index (χ3n) is 4.51. The van der Waals surface area contributed by atoms with Crippen molar-refractivity contribution in [3.05, 3.63) is 58.7 Å². The number of aryl methyl sites for hydroxylation is 3. The highest BCUT2D eigenvalue weighted by molar-refractivity contribution is 5.97. The number of benzene rings is 2. The van der Waals surface area contributed by atoms with Gasteiger partial charge in [-0.25, -0.2) is 0 Å². The average molecular weight is 351 g/mol. The molecular formula is C21H25N3O2. The van der Waals surface area contributed by atoms with Gasteiger partial charge in [0, 0.05) is 23.0 Å². The van der Waals surface area contributed by atoms with E-state index in [2.05, 4.69) is 16.0 Å². The van der Waals surface area contributed by atoms with Crippen LogP contribution in [0.25, 0.3) is 0 Å². The first-order chi connectivity index (χ1) is 12.4. The summed E-state index contributed by atoms with van der Waals surface area (Å²) < 4.78 is 0. The van der Waals surface area contributed by atoms with Gasteiger partial charge < -0.3 is 16.0 Å². The Bertz CT molecular complexity index is 841. The molecule has 0 aliphatic heterocycles. The Morgan fingerprint density at radius 1 is 0.962 bits per heavy atom. The molecule has 0 unspecified atom stereocenters. The number of nitrogens with one attached hydrogen (secondary N) is 3. The summed E-state index contributed by atoms with van der Waals surface area (Å²) in [6.07, 6.45) is 2.11. The highest BCUT2D eigenvalue weighted by Gasteiger charge is 2.24. The molecule has 1 aliphatic carbocycles. The molecule has 0 radical (unpaired) electrons. The summed E-state index contributed by atoms with van der Waals surface area (Å²) in [5, 5.41) is 9.03. The Kier molecular flexibility index (Phi) is 5.26. The van der Waals surface area contributed by atoms with Crippen molar-refractivity contribution < 1.29 is 9.59 Å². The summed E-state index contributed by atoms with van der Waals surface area (Å²) in [6.45, 7) is 6.09. The second kappa shape index (κ2) is 7.60. The number of rotatable bonds is 6. The third-order valence-corrected chi connectivity index (χ3v) is 4.51. The third kappa shape index (κ3) is 4.63. The second-order valence-electron chi connectivity index (χ2n) is 7.00. The van der Waals surface area contributed by atoms with Crippen molar-refractivity contribution >= 4 is 23.2 Å². The van der Waals surface area contributed by atoms with Crippen molar-refractivity contribution in [1.29, 1.82) is 0 Å². The van der Waals surface area contributed by atoms with E-state index in [4.69, 9.17) is 0 Å². The maximum absolute atomic E-state index is 12.3. The van der Waals surface area contributed by atoms with Crippen LogP contribution in [0.2, 0.25) is 0 Å². The zero-order chi connectivity index (χ0) is 18.7. The van der Waals surface area contributed by atoms with Crippen LogP contribution in [-0.2, 0) is 4.79 Å². The molecule has 0 heterocycles. The predicted octanol–water partition coefficient (Wildman–Crippen LogP) is 3.55. The maximum atomic E-state index is 12.3. The van der Waals surface area contributed by atoms with Crippen LogP contribution in [0, 0.1) is 20.8 Å². The van der Waals surface area contributed by atoms with Crippen LogP contribution in [0.15, 0.2) is 36.4 Å². The molecule has 5 heteroatoms. The van der Waals surface area contributed by atoms with Gasteiger partial charge in [0.1, 0.15) is 0 Å². The molecule has 2 aromatic rings. The van der Waals surface area contributed by atoms with E-state index in [0.717, 1.165) is 40.9 Å². The summed E-state index contributed by atoms with van der Waals surface area (Å²) in [5.41, 5.74) is 5.41. The van der Waals surface area contributed by atoms with Crippen LogP contribution >= 0.6 is 0 Å². The first-order valence-corrected chi connectivity index (χ1v) is 8.95. The minimum atomic E-state index is -0.121. The molecule has 1 saturated carbocycles. The van der Waals surface area contributed by atoms with Crippen LogP contribution < -0.4 is 16.0 Å². The molecule has 5 nitrogen and oxygen atoms in total. The van der Waals surface area contributed by atoms with E-state index in [1.54, 1.807) is 6.07 Å². The van der Waals surface area contributed by atoms with E-state index in [9.17, 15) is 9.59 Å². The van der Waals surface area contributed by atoms with Crippen molar-refractivity contribution in [2.45, 2.75) is 39.7 Å². The molecule has 1 fully saturated rings. The number of hydrogen-bond donors (Lipinski definition) is 3. The summed E-state index contributed by atoms with van der Waals surface area (Å²) >= 11 is 0. The van der Waals surface area contributed by atoms with E-state index in [1.807, 2.05) is 51.1 Å². The molecule has 3 N–H and O–H groups in total. The number of anilines is 2. The van der Waals surface area contributed by atoms with Gasteiger partial charge in [-0.3, -0.25) is 9.59 Å². The minimum Gasteiger partial charge on any atom is -0.376 e. The van der Waals surface area contributed by atoms with Gasteiger partial charge in [-0.2, -0.15) is 0 Å². The fraction of sp³-hybridized carbons (Fsp3) is 0.333. The van der Waals surface area contributed by atoms with Gasteiger partial charge in [0.2, 0.25) is 5.91 Å². The van der Waals surface area contributed by atoms with Gasteiger partial charge in [0.25, 0.3) is 5.91 Å². The van der Waals surface area contributed by atoms with E-state index in [-0.39, 0.29) is 18.4 Å². The average Bonchev–Trinajstić information content (AvgIpc) is 3.40. The molecule has 0 bridgehead atoms. The zero-order valence-corrected chi connectivity index (χ0v) is 15.5. The molecule has 1 aliphatic rings. The first-order valence-electron chi connectivity index (χ1n) is 8.95. The molecule has 0 aromatic heterocycles. The molecule has 2 aromatic carbocycles. The number of amides is 2. The molecule has 26 heavy (non-hydrogen) atoms. The summed E-state index contributed by atoms with van der Waals surface area (Å²) in [4.78, 5) is 24.4. The largest absolute Gasteiger partial charge is 0.376 e. The number of carbonyl (C=O) groups excluding carboxylic acids is 2. The van der Waals surface area contributed by atoms with Crippen LogP contribution in [0.5, 0.6) is 0 Å². The number of hydrogen-bond acceptors (Lipinski definition) is 3. The van der Waals surface area contributed by atoms with Crippen molar-refractivity contribution in [2.24, 2.45) is 0 Å². The fourth-order valence-electron chi connectivity index (χ4n) is 2.77. The van der Waals surface area contributed by atoms with Crippen molar-refractivity contribution in [3.8, 4) is 0 Å². The van der Waals surface area contributed by atoms with E-state index < -0.39 is 0 Å². The lowest BCUT2D eigenvalue weighted by Gasteiger charge is -2.13. The van der Waals surface area contributed by atoms with Crippen molar-refractivity contribution in [3.63, 3.8) is 0 Å². The molecule has 136 valence electrons. The summed E-state index contributed by atoms with van der Waals surface area (Å²) in [5.74, 6) is -0.181. The standard InChI is InChI=1S/C21H25N3O2/c1-13-4-9-18(15(3)10-13)24-20(25)12-22-19-11-16(6-5-14(19)2)21(26)23-17-7-8-17/h4-6,9-11,17,22H,7-8,12H2,1-3H3,(H,23,26)(H,24,25). The smallest absolute Gasteiger partial charge is 0.251 e. The quantitative estimate of drug-likeness (QED) is 0.745. The SMILES string of the molecule is Cc1ccc(NC(=O)CNc2cc(C(=O)NC3CC3)ccc2C)c(C)c1. The fourth-order valence-corrected chi connectivity index (χ4v) is 2.77. The molecule has 0 saturated heterocycles. The van der Waals surface area contributed by atoms with Gasteiger partial charge in [-0.05, 0) is 62.9 Å². The molecule has 3 rings (SSSR count). The van der Waals surface area contributed by atoms with Crippen LogP contribution in [0.1, 0.15) is 39.9 Å². The second-order valence-corrected chi connectivity index (χ2v) is 7.00. The van der Waals surface area contributed by atoms with E-state index >= 15 is 0 Å². The van der Waals surface area contributed by atoms with Gasteiger partial charge in [-0.15, -0.1) is 0 Å². The summed E-state index contributed by atoms with van der Waals surface area (Å²) in [6, 6.07) is 11.8. The monoisotopic (exact) mass is 351 g/mol. The van der Waals surface area contributed by atoms with Gasteiger partial charge in [0.15, 0.2) is 0 Å². The lowest BCUT2D eigenvalue weighted by atomic mass is 10.1. The Labute approximate surface area is 154 Å². The lowest BCUT2D eigenvalue weighted by molar-refractivity contribution is -0.114. The first kappa shape index (κ1) is 18.0. The number of carbonyl (C=O) groups is 2. The lowest BCUT2D eigenvalue weighted by Crippen LogP contribution is -2.26. The topological polar surface area (TPSA) is 70.2 Å². The Balaban J connectivity index is 1.61. The highest BCUT2D eigenvalue weighted by atomic mass is 16.2. The minimum absolute atomic E-state index is 0.0599. The van der Waals surface area contributed by atoms with E-state index in [1.165, 1.54) is 0 Å². The zero-order valence-electron chi connectivity index (χ0n) is 15.5. The van der Waals surface area contributed by atoms with Gasteiger partial charge >= 0.3 is 0 Å². The molecule has 2 amide bonds. The summed E-state index contributed by atoms with van der Waals surface area (Å²) in [7, 11) is 0. The Hall–Kier alpha value is -2.82. The van der Waals surface area contributed by atoms with Crippen molar-refractivity contribution in [1.82, 2.24) is 5.32 Å². The molecular weight excluding hydrogens is 326 g/mol.